The highest BCUT2D eigenvalue weighted by Gasteiger charge is 2.15. The van der Waals surface area contributed by atoms with Crippen LogP contribution in [-0.4, -0.2) is 51.6 Å². The molecule has 0 aromatic heterocycles. The van der Waals surface area contributed by atoms with Gasteiger partial charge in [0.05, 0.1) is 38.3 Å². The molecule has 1 aliphatic heterocycles. The van der Waals surface area contributed by atoms with Crippen molar-refractivity contribution < 1.29 is 18.7 Å². The fourth-order valence-electron chi connectivity index (χ4n) is 2.96. The van der Waals surface area contributed by atoms with Crippen LogP contribution in [-0.2, 0) is 9.53 Å². The summed E-state index contributed by atoms with van der Waals surface area (Å²) in [7, 11) is 1.58. The van der Waals surface area contributed by atoms with Crippen molar-refractivity contribution in [1.82, 2.24) is 5.43 Å². The van der Waals surface area contributed by atoms with E-state index in [4.69, 9.17) is 9.47 Å². The molecule has 0 spiro atoms. The first kappa shape index (κ1) is 20.6. The van der Waals surface area contributed by atoms with Crippen molar-refractivity contribution >= 4 is 23.0 Å². The van der Waals surface area contributed by atoms with E-state index in [1.807, 2.05) is 23.1 Å². The van der Waals surface area contributed by atoms with Crippen molar-refractivity contribution in [3.05, 3.63) is 53.8 Å². The number of carbonyl (C=O) groups excluding carboxylic acids is 1. The lowest BCUT2D eigenvalue weighted by atomic mass is 10.1. The van der Waals surface area contributed by atoms with Gasteiger partial charge in [-0.15, -0.1) is 0 Å². The van der Waals surface area contributed by atoms with Gasteiger partial charge in [-0.3, -0.25) is 4.79 Å². The number of anilines is 2. The van der Waals surface area contributed by atoms with Gasteiger partial charge in [-0.2, -0.15) is 5.10 Å². The number of benzene rings is 2. The Balaban J connectivity index is 1.55. The van der Waals surface area contributed by atoms with E-state index in [1.165, 1.54) is 6.07 Å². The van der Waals surface area contributed by atoms with Crippen LogP contribution in [0.5, 0.6) is 5.75 Å². The van der Waals surface area contributed by atoms with Crippen molar-refractivity contribution in [3.8, 4) is 5.75 Å². The zero-order valence-electron chi connectivity index (χ0n) is 16.6. The van der Waals surface area contributed by atoms with Gasteiger partial charge in [0, 0.05) is 30.4 Å². The highest BCUT2D eigenvalue weighted by atomic mass is 19.1. The largest absolute Gasteiger partial charge is 0.497 e. The molecule has 0 saturated carbocycles. The summed E-state index contributed by atoms with van der Waals surface area (Å²) >= 11 is 0. The predicted octanol–water partition coefficient (Wildman–Crippen LogP) is 2.62. The summed E-state index contributed by atoms with van der Waals surface area (Å²) in [6, 6.07) is 12.3. The predicted molar refractivity (Wildman–Crippen MR) is 111 cm³/mol. The van der Waals surface area contributed by atoms with Crippen LogP contribution in [0.2, 0.25) is 0 Å². The Morgan fingerprint density at radius 2 is 2.03 bits per heavy atom. The molecule has 2 aromatic carbocycles. The molecule has 8 heteroatoms. The molecule has 0 bridgehead atoms. The summed E-state index contributed by atoms with van der Waals surface area (Å²) in [5.74, 6) is 0.0781. The summed E-state index contributed by atoms with van der Waals surface area (Å²) in [6.45, 7) is 4.29. The van der Waals surface area contributed by atoms with Crippen LogP contribution < -0.4 is 20.4 Å². The quantitative estimate of drug-likeness (QED) is 0.552. The van der Waals surface area contributed by atoms with Gasteiger partial charge in [-0.05, 0) is 31.2 Å². The number of ether oxygens (including phenoxy) is 2. The van der Waals surface area contributed by atoms with Crippen molar-refractivity contribution in [2.75, 3.05) is 50.2 Å². The number of halogens is 1. The minimum Gasteiger partial charge on any atom is -0.497 e. The molecule has 29 heavy (non-hydrogen) atoms. The Kier molecular flexibility index (Phi) is 7.02. The van der Waals surface area contributed by atoms with E-state index in [1.54, 1.807) is 32.2 Å². The minimum atomic E-state index is -0.315. The highest BCUT2D eigenvalue weighted by molar-refractivity contribution is 5.99. The van der Waals surface area contributed by atoms with Gasteiger partial charge in [-0.25, -0.2) is 9.82 Å². The van der Waals surface area contributed by atoms with Gasteiger partial charge in [0.15, 0.2) is 0 Å². The molecular weight excluding hydrogens is 375 g/mol. The summed E-state index contributed by atoms with van der Waals surface area (Å²) in [6.07, 6.45) is 0. The van der Waals surface area contributed by atoms with Crippen LogP contribution in [0.3, 0.4) is 0 Å². The number of amides is 1. The zero-order valence-corrected chi connectivity index (χ0v) is 16.6. The summed E-state index contributed by atoms with van der Waals surface area (Å²) < 4.78 is 25.0. The number of hydrazone groups is 1. The monoisotopic (exact) mass is 400 g/mol. The number of carbonyl (C=O) groups is 1. The lowest BCUT2D eigenvalue weighted by Gasteiger charge is -2.29. The average molecular weight is 400 g/mol. The molecule has 3 rings (SSSR count). The van der Waals surface area contributed by atoms with Gasteiger partial charge >= 0.3 is 0 Å². The SMILES string of the molecule is COc1cccc(NCC(=O)N/N=C(/C)c2ccc(N3CCOCC3)c(F)c2)c1. The van der Waals surface area contributed by atoms with Gasteiger partial charge in [0.1, 0.15) is 11.6 Å². The van der Waals surface area contributed by atoms with Crippen LogP contribution >= 0.6 is 0 Å². The average Bonchev–Trinajstić information content (AvgIpc) is 2.76. The maximum Gasteiger partial charge on any atom is 0.259 e. The van der Waals surface area contributed by atoms with Crippen molar-refractivity contribution in [1.29, 1.82) is 0 Å². The molecule has 1 heterocycles. The molecule has 1 aliphatic rings. The molecule has 2 N–H and O–H groups in total. The Morgan fingerprint density at radius 1 is 1.24 bits per heavy atom. The number of nitrogens with zero attached hydrogens (tertiary/aromatic N) is 2. The lowest BCUT2D eigenvalue weighted by molar-refractivity contribution is -0.119. The van der Waals surface area contributed by atoms with Crippen LogP contribution in [0.25, 0.3) is 0 Å². The molecule has 1 amide bonds. The van der Waals surface area contributed by atoms with Crippen LogP contribution in [0, 0.1) is 5.82 Å². The van der Waals surface area contributed by atoms with E-state index < -0.39 is 0 Å². The van der Waals surface area contributed by atoms with E-state index in [9.17, 15) is 9.18 Å². The van der Waals surface area contributed by atoms with E-state index in [0.717, 1.165) is 5.69 Å². The molecule has 1 fully saturated rings. The number of hydrogen-bond donors (Lipinski definition) is 2. The Morgan fingerprint density at radius 3 is 2.76 bits per heavy atom. The number of hydrogen-bond acceptors (Lipinski definition) is 6. The van der Waals surface area contributed by atoms with Crippen molar-refractivity contribution in [2.24, 2.45) is 5.10 Å². The molecule has 7 nitrogen and oxygen atoms in total. The molecule has 0 unspecified atom stereocenters. The number of methoxy groups -OCH3 is 1. The molecule has 0 atom stereocenters. The second-order valence-electron chi connectivity index (χ2n) is 6.58. The normalized spacial score (nSPS) is 14.4. The van der Waals surface area contributed by atoms with Crippen LogP contribution in [0.1, 0.15) is 12.5 Å². The maximum absolute atomic E-state index is 14.5. The first-order chi connectivity index (χ1) is 14.1. The molecule has 154 valence electrons. The minimum absolute atomic E-state index is 0.0499. The van der Waals surface area contributed by atoms with E-state index in [-0.39, 0.29) is 18.3 Å². The Hall–Kier alpha value is -3.13. The lowest BCUT2D eigenvalue weighted by Crippen LogP contribution is -2.36. The summed E-state index contributed by atoms with van der Waals surface area (Å²) in [4.78, 5) is 14.0. The van der Waals surface area contributed by atoms with Gasteiger partial charge in [-0.1, -0.05) is 12.1 Å². The first-order valence-electron chi connectivity index (χ1n) is 9.40. The summed E-state index contributed by atoms with van der Waals surface area (Å²) in [5, 5.41) is 7.07. The van der Waals surface area contributed by atoms with Crippen molar-refractivity contribution in [2.45, 2.75) is 6.92 Å². The van der Waals surface area contributed by atoms with Crippen LogP contribution in [0.4, 0.5) is 15.8 Å². The number of rotatable bonds is 7. The van der Waals surface area contributed by atoms with E-state index >= 15 is 0 Å². The highest BCUT2D eigenvalue weighted by Crippen LogP contribution is 2.22. The molecule has 0 aliphatic carbocycles. The number of nitrogens with one attached hydrogen (secondary N) is 2. The third kappa shape index (κ3) is 5.68. The second-order valence-corrected chi connectivity index (χ2v) is 6.58. The molecule has 2 aromatic rings. The molecule has 0 radical (unpaired) electrons. The smallest absolute Gasteiger partial charge is 0.259 e. The van der Waals surface area contributed by atoms with Gasteiger partial charge in [0.25, 0.3) is 5.91 Å². The first-order valence-corrected chi connectivity index (χ1v) is 9.40. The third-order valence-corrected chi connectivity index (χ3v) is 4.59. The second kappa shape index (κ2) is 9.88. The van der Waals surface area contributed by atoms with Gasteiger partial charge < -0.3 is 19.7 Å². The van der Waals surface area contributed by atoms with E-state index in [2.05, 4.69) is 15.8 Å². The zero-order chi connectivity index (χ0) is 20.6. The Bertz CT molecular complexity index is 882. The fourth-order valence-corrected chi connectivity index (χ4v) is 2.96. The van der Waals surface area contributed by atoms with Gasteiger partial charge in [0.2, 0.25) is 0 Å². The summed E-state index contributed by atoms with van der Waals surface area (Å²) in [5.41, 5.74) is 4.93. The number of morpholine rings is 1. The Labute approximate surface area is 169 Å². The van der Waals surface area contributed by atoms with E-state index in [0.29, 0.717) is 49.0 Å². The maximum atomic E-state index is 14.5. The third-order valence-electron chi connectivity index (χ3n) is 4.59. The standard InChI is InChI=1S/C21H25FN4O3/c1-15(16-6-7-20(19(22)12-16)26-8-10-29-11-9-26)24-25-21(27)14-23-17-4-3-5-18(13-17)28-2/h3-7,12-13,23H,8-11,14H2,1-2H3,(H,25,27)/b24-15-. The molecular formula is C21H25FN4O3. The fraction of sp³-hybridized carbons (Fsp3) is 0.333. The topological polar surface area (TPSA) is 75.2 Å². The molecule has 1 saturated heterocycles. The van der Waals surface area contributed by atoms with Crippen molar-refractivity contribution in [3.63, 3.8) is 0 Å². The van der Waals surface area contributed by atoms with Crippen LogP contribution in [0.15, 0.2) is 47.6 Å².